The Hall–Kier alpha value is -2.23. The third-order valence-corrected chi connectivity index (χ3v) is 4.93. The normalized spacial score (nSPS) is 10.4. The van der Waals surface area contributed by atoms with Crippen LogP contribution in [0.4, 0.5) is 0 Å². The van der Waals surface area contributed by atoms with Gasteiger partial charge in [0.05, 0.1) is 0 Å². The largest absolute Gasteiger partial charge is 0.484 e. The van der Waals surface area contributed by atoms with Crippen LogP contribution in [0.5, 0.6) is 5.75 Å². The summed E-state index contributed by atoms with van der Waals surface area (Å²) in [5.41, 5.74) is 5.80. The second-order valence-corrected chi connectivity index (χ2v) is 7.28. The van der Waals surface area contributed by atoms with Crippen molar-refractivity contribution in [1.29, 1.82) is 0 Å². The highest BCUT2D eigenvalue weighted by Gasteiger charge is 2.06. The summed E-state index contributed by atoms with van der Waals surface area (Å²) in [7, 11) is 0. The molecule has 0 saturated carbocycles. The quantitative estimate of drug-likeness (QED) is 0.368. The lowest BCUT2D eigenvalue weighted by atomic mass is 10.2. The first-order valence-electron chi connectivity index (χ1n) is 7.44. The minimum atomic E-state index is -0.434. The SMILES string of the molecule is Cc1cc(OCC(=O)NNC(=S)NC(=O)/C=C/c2cccs2)ccc1Br. The molecule has 0 aliphatic rings. The molecule has 136 valence electrons. The maximum Gasteiger partial charge on any atom is 0.276 e. The molecule has 3 N–H and O–H groups in total. The molecule has 6 nitrogen and oxygen atoms in total. The molecular formula is C17H16BrN3O3S2. The van der Waals surface area contributed by atoms with E-state index in [0.29, 0.717) is 5.75 Å². The van der Waals surface area contributed by atoms with Gasteiger partial charge >= 0.3 is 0 Å². The molecule has 0 aliphatic heterocycles. The number of aryl methyl sites for hydroxylation is 1. The van der Waals surface area contributed by atoms with Crippen molar-refractivity contribution in [1.82, 2.24) is 16.2 Å². The number of carbonyl (C=O) groups is 2. The van der Waals surface area contributed by atoms with E-state index in [4.69, 9.17) is 17.0 Å². The number of rotatable bonds is 5. The van der Waals surface area contributed by atoms with Gasteiger partial charge in [0.15, 0.2) is 11.7 Å². The fourth-order valence-electron chi connectivity index (χ4n) is 1.75. The monoisotopic (exact) mass is 453 g/mol. The highest BCUT2D eigenvalue weighted by molar-refractivity contribution is 9.10. The van der Waals surface area contributed by atoms with E-state index >= 15 is 0 Å². The Morgan fingerprint density at radius 3 is 2.81 bits per heavy atom. The van der Waals surface area contributed by atoms with Gasteiger partial charge in [-0.15, -0.1) is 11.3 Å². The van der Waals surface area contributed by atoms with Crippen molar-refractivity contribution >= 4 is 62.5 Å². The number of hydrogen-bond donors (Lipinski definition) is 3. The van der Waals surface area contributed by atoms with Crippen LogP contribution in [0.15, 0.2) is 46.3 Å². The minimum absolute atomic E-state index is 0.0151. The lowest BCUT2D eigenvalue weighted by Gasteiger charge is -2.11. The predicted octanol–water partition coefficient (Wildman–Crippen LogP) is 2.93. The summed E-state index contributed by atoms with van der Waals surface area (Å²) >= 11 is 9.85. The summed E-state index contributed by atoms with van der Waals surface area (Å²) in [6.45, 7) is 1.73. The topological polar surface area (TPSA) is 79.5 Å². The van der Waals surface area contributed by atoms with Crippen molar-refractivity contribution in [3.63, 3.8) is 0 Å². The lowest BCUT2D eigenvalue weighted by Crippen LogP contribution is -2.49. The summed E-state index contributed by atoms with van der Waals surface area (Å²) in [5.74, 6) is -0.251. The molecule has 0 unspecified atom stereocenters. The van der Waals surface area contributed by atoms with Gasteiger partial charge in [-0.2, -0.15) is 0 Å². The maximum atomic E-state index is 11.7. The Kier molecular flexibility index (Phi) is 7.76. The van der Waals surface area contributed by atoms with Crippen LogP contribution >= 0.6 is 39.5 Å². The van der Waals surface area contributed by atoms with Gasteiger partial charge in [-0.3, -0.25) is 25.8 Å². The molecule has 0 bridgehead atoms. The second kappa shape index (κ2) is 10.0. The number of amides is 2. The molecule has 0 spiro atoms. The van der Waals surface area contributed by atoms with Crippen LogP contribution in [0.25, 0.3) is 6.08 Å². The van der Waals surface area contributed by atoms with Gasteiger partial charge in [-0.05, 0) is 60.4 Å². The average Bonchev–Trinajstić information content (AvgIpc) is 3.13. The molecule has 1 heterocycles. The van der Waals surface area contributed by atoms with E-state index in [0.717, 1.165) is 14.9 Å². The number of thiocarbonyl (C=S) groups is 1. The van der Waals surface area contributed by atoms with Crippen LogP contribution in [0, 0.1) is 6.92 Å². The van der Waals surface area contributed by atoms with Crippen LogP contribution < -0.4 is 20.9 Å². The van der Waals surface area contributed by atoms with E-state index in [-0.39, 0.29) is 11.7 Å². The van der Waals surface area contributed by atoms with Gasteiger partial charge in [0.25, 0.3) is 5.91 Å². The fraction of sp³-hybridized carbons (Fsp3) is 0.118. The number of halogens is 1. The van der Waals surface area contributed by atoms with E-state index in [2.05, 4.69) is 32.1 Å². The van der Waals surface area contributed by atoms with Crippen molar-refractivity contribution < 1.29 is 14.3 Å². The van der Waals surface area contributed by atoms with Crippen molar-refractivity contribution in [2.75, 3.05) is 6.61 Å². The number of carbonyl (C=O) groups excluding carboxylic acids is 2. The van der Waals surface area contributed by atoms with Crippen molar-refractivity contribution in [2.45, 2.75) is 6.92 Å². The molecule has 2 amide bonds. The Morgan fingerprint density at radius 2 is 2.12 bits per heavy atom. The average molecular weight is 454 g/mol. The van der Waals surface area contributed by atoms with E-state index in [1.54, 1.807) is 12.1 Å². The van der Waals surface area contributed by atoms with Crippen LogP contribution in [0.2, 0.25) is 0 Å². The van der Waals surface area contributed by atoms with Gasteiger partial charge in [0.2, 0.25) is 5.91 Å². The number of hydrogen-bond acceptors (Lipinski definition) is 5. The lowest BCUT2D eigenvalue weighted by molar-refractivity contribution is -0.123. The molecule has 1 aromatic heterocycles. The molecule has 0 saturated heterocycles. The standard InChI is InChI=1S/C17H16BrN3O3S2/c1-11-9-12(4-6-14(11)18)24-10-16(23)20-21-17(25)19-15(22)7-5-13-3-2-8-26-13/h2-9H,10H2,1H3,(H,20,23)(H2,19,21,22,25)/b7-5+. The van der Waals surface area contributed by atoms with E-state index < -0.39 is 11.8 Å². The van der Waals surface area contributed by atoms with E-state index in [1.165, 1.54) is 17.4 Å². The first-order chi connectivity index (χ1) is 12.4. The van der Waals surface area contributed by atoms with Crippen LogP contribution in [0.3, 0.4) is 0 Å². The van der Waals surface area contributed by atoms with Crippen LogP contribution in [-0.2, 0) is 9.59 Å². The van der Waals surface area contributed by atoms with E-state index in [1.807, 2.05) is 36.6 Å². The number of ether oxygens (including phenoxy) is 1. The molecule has 0 atom stereocenters. The first-order valence-corrected chi connectivity index (χ1v) is 9.52. The van der Waals surface area contributed by atoms with Crippen molar-refractivity contribution in [3.05, 3.63) is 56.7 Å². The Balaban J connectivity index is 1.68. The fourth-order valence-corrected chi connectivity index (χ4v) is 2.76. The Bertz CT molecular complexity index is 823. The highest BCUT2D eigenvalue weighted by atomic mass is 79.9. The number of hydrazine groups is 1. The summed E-state index contributed by atoms with van der Waals surface area (Å²) in [4.78, 5) is 24.4. The van der Waals surface area contributed by atoms with Crippen LogP contribution in [-0.4, -0.2) is 23.5 Å². The highest BCUT2D eigenvalue weighted by Crippen LogP contribution is 2.21. The van der Waals surface area contributed by atoms with Gasteiger partial charge < -0.3 is 4.74 Å². The molecule has 0 fully saturated rings. The number of benzene rings is 1. The zero-order valence-corrected chi connectivity index (χ0v) is 17.0. The predicted molar refractivity (Wildman–Crippen MR) is 110 cm³/mol. The van der Waals surface area contributed by atoms with E-state index in [9.17, 15) is 9.59 Å². The second-order valence-electron chi connectivity index (χ2n) is 5.04. The smallest absolute Gasteiger partial charge is 0.276 e. The first kappa shape index (κ1) is 20.1. The third kappa shape index (κ3) is 6.95. The molecule has 2 aromatic rings. The molecule has 9 heteroatoms. The van der Waals surface area contributed by atoms with Crippen molar-refractivity contribution in [2.24, 2.45) is 0 Å². The summed E-state index contributed by atoms with van der Waals surface area (Å²) < 4.78 is 6.35. The van der Waals surface area contributed by atoms with Gasteiger partial charge in [-0.25, -0.2) is 0 Å². The van der Waals surface area contributed by atoms with Gasteiger partial charge in [0.1, 0.15) is 5.75 Å². The number of thiophene rings is 1. The van der Waals surface area contributed by atoms with Crippen LogP contribution in [0.1, 0.15) is 10.4 Å². The minimum Gasteiger partial charge on any atom is -0.484 e. The molecule has 0 radical (unpaired) electrons. The Morgan fingerprint density at radius 1 is 1.31 bits per heavy atom. The number of nitrogens with one attached hydrogen (secondary N) is 3. The summed E-state index contributed by atoms with van der Waals surface area (Å²) in [6, 6.07) is 9.19. The van der Waals surface area contributed by atoms with Crippen molar-refractivity contribution in [3.8, 4) is 5.75 Å². The molecule has 26 heavy (non-hydrogen) atoms. The molecule has 1 aromatic carbocycles. The third-order valence-electron chi connectivity index (χ3n) is 2.99. The van der Waals surface area contributed by atoms with Gasteiger partial charge in [0, 0.05) is 15.4 Å². The molecule has 2 rings (SSSR count). The Labute approximate surface area is 168 Å². The summed E-state index contributed by atoms with van der Waals surface area (Å²) in [6.07, 6.45) is 3.04. The molecular weight excluding hydrogens is 438 g/mol. The maximum absolute atomic E-state index is 11.7. The summed E-state index contributed by atoms with van der Waals surface area (Å²) in [5, 5.41) is 4.32. The molecule has 0 aliphatic carbocycles. The van der Waals surface area contributed by atoms with Gasteiger partial charge in [-0.1, -0.05) is 22.0 Å². The zero-order chi connectivity index (χ0) is 18.9. The zero-order valence-electron chi connectivity index (χ0n) is 13.7.